The fraction of sp³-hybridized carbons (Fsp3) is 0.273. The van der Waals surface area contributed by atoms with E-state index in [1.54, 1.807) is 6.07 Å². The second-order valence-corrected chi connectivity index (χ2v) is 4.36. The number of aromatic amines is 1. The number of aryl methyl sites for hydroxylation is 1. The summed E-state index contributed by atoms with van der Waals surface area (Å²) in [5.74, 6) is 0. The van der Waals surface area contributed by atoms with Crippen LogP contribution in [0.2, 0.25) is 10.0 Å². The first-order valence-electron chi connectivity index (χ1n) is 4.87. The van der Waals surface area contributed by atoms with E-state index in [1.807, 2.05) is 12.3 Å². The maximum absolute atomic E-state index is 6.07. The van der Waals surface area contributed by atoms with Crippen LogP contribution in [0.4, 0.5) is 0 Å². The highest BCUT2D eigenvalue weighted by atomic mass is 35.5. The minimum absolute atomic E-state index is 0.663. The summed E-state index contributed by atoms with van der Waals surface area (Å²) in [6, 6.07) is 3.68. The van der Waals surface area contributed by atoms with Crippen LogP contribution in [0.25, 0.3) is 10.9 Å². The van der Waals surface area contributed by atoms with Crippen molar-refractivity contribution < 1.29 is 0 Å². The van der Waals surface area contributed by atoms with Crippen LogP contribution in [0.15, 0.2) is 18.3 Å². The SMILES string of the molecule is NCCCc1c[nH]c2c(Cl)cc(Cl)cc12. The minimum Gasteiger partial charge on any atom is -0.360 e. The summed E-state index contributed by atoms with van der Waals surface area (Å²) in [6.45, 7) is 0.695. The first-order chi connectivity index (χ1) is 7.22. The van der Waals surface area contributed by atoms with Crippen molar-refractivity contribution in [2.45, 2.75) is 12.8 Å². The van der Waals surface area contributed by atoms with Crippen molar-refractivity contribution in [2.24, 2.45) is 5.73 Å². The number of H-pyrrole nitrogens is 1. The Kier molecular flexibility index (Phi) is 3.19. The van der Waals surface area contributed by atoms with Gasteiger partial charge in [-0.05, 0) is 37.1 Å². The molecule has 4 heteroatoms. The van der Waals surface area contributed by atoms with Crippen LogP contribution >= 0.6 is 23.2 Å². The lowest BCUT2D eigenvalue weighted by molar-refractivity contribution is 0.837. The Morgan fingerprint density at radius 1 is 1.27 bits per heavy atom. The van der Waals surface area contributed by atoms with Crippen molar-refractivity contribution in [3.63, 3.8) is 0 Å². The largest absolute Gasteiger partial charge is 0.360 e. The molecule has 0 fully saturated rings. The molecular formula is C11H12Cl2N2. The van der Waals surface area contributed by atoms with Crippen molar-refractivity contribution in [2.75, 3.05) is 6.54 Å². The monoisotopic (exact) mass is 242 g/mol. The van der Waals surface area contributed by atoms with Crippen molar-refractivity contribution in [1.82, 2.24) is 4.98 Å². The molecule has 1 aromatic carbocycles. The van der Waals surface area contributed by atoms with Crippen LogP contribution < -0.4 is 5.73 Å². The zero-order valence-electron chi connectivity index (χ0n) is 8.19. The minimum atomic E-state index is 0.663. The summed E-state index contributed by atoms with van der Waals surface area (Å²) >= 11 is 12.0. The number of nitrogens with one attached hydrogen (secondary N) is 1. The summed E-state index contributed by atoms with van der Waals surface area (Å²) in [5, 5.41) is 2.43. The Bertz CT molecular complexity index is 477. The maximum Gasteiger partial charge on any atom is 0.0661 e. The number of fused-ring (bicyclic) bond motifs is 1. The van der Waals surface area contributed by atoms with Crippen LogP contribution in [0, 0.1) is 0 Å². The van der Waals surface area contributed by atoms with Gasteiger partial charge in [-0.15, -0.1) is 0 Å². The molecule has 0 bridgehead atoms. The van der Waals surface area contributed by atoms with Gasteiger partial charge in [0.15, 0.2) is 0 Å². The van der Waals surface area contributed by atoms with Gasteiger partial charge in [0.1, 0.15) is 0 Å². The Hall–Kier alpha value is -0.700. The number of hydrogen-bond acceptors (Lipinski definition) is 1. The Morgan fingerprint density at radius 3 is 2.80 bits per heavy atom. The Balaban J connectivity index is 2.49. The van der Waals surface area contributed by atoms with Crippen LogP contribution in [0.1, 0.15) is 12.0 Å². The maximum atomic E-state index is 6.07. The van der Waals surface area contributed by atoms with Crippen molar-refractivity contribution in [1.29, 1.82) is 0 Å². The average Bonchev–Trinajstić information content (AvgIpc) is 2.58. The second-order valence-electron chi connectivity index (χ2n) is 3.52. The molecule has 1 aromatic heterocycles. The molecule has 2 nitrogen and oxygen atoms in total. The Labute approximate surface area is 98.4 Å². The third kappa shape index (κ3) is 2.12. The van der Waals surface area contributed by atoms with Crippen LogP contribution in [-0.4, -0.2) is 11.5 Å². The van der Waals surface area contributed by atoms with Gasteiger partial charge in [0, 0.05) is 16.6 Å². The molecule has 0 saturated carbocycles. The highest BCUT2D eigenvalue weighted by molar-refractivity contribution is 6.38. The summed E-state index contributed by atoms with van der Waals surface area (Å²) in [4.78, 5) is 3.16. The molecule has 1 heterocycles. The van der Waals surface area contributed by atoms with Gasteiger partial charge < -0.3 is 10.7 Å². The van der Waals surface area contributed by atoms with E-state index in [-0.39, 0.29) is 0 Å². The van der Waals surface area contributed by atoms with Gasteiger partial charge in [0.25, 0.3) is 0 Å². The predicted octanol–water partition coefficient (Wildman–Crippen LogP) is 3.37. The van der Waals surface area contributed by atoms with E-state index in [2.05, 4.69) is 4.98 Å². The third-order valence-electron chi connectivity index (χ3n) is 2.44. The second kappa shape index (κ2) is 4.44. The van der Waals surface area contributed by atoms with Gasteiger partial charge in [0.2, 0.25) is 0 Å². The van der Waals surface area contributed by atoms with Crippen LogP contribution in [0.3, 0.4) is 0 Å². The zero-order chi connectivity index (χ0) is 10.8. The molecule has 0 radical (unpaired) electrons. The molecule has 2 rings (SSSR count). The average molecular weight is 243 g/mol. The number of halogens is 2. The lowest BCUT2D eigenvalue weighted by Gasteiger charge is -1.99. The highest BCUT2D eigenvalue weighted by Crippen LogP contribution is 2.29. The fourth-order valence-electron chi connectivity index (χ4n) is 1.71. The van der Waals surface area contributed by atoms with Gasteiger partial charge >= 0.3 is 0 Å². The van der Waals surface area contributed by atoms with Gasteiger partial charge in [-0.3, -0.25) is 0 Å². The van der Waals surface area contributed by atoms with E-state index in [9.17, 15) is 0 Å². The molecule has 0 amide bonds. The van der Waals surface area contributed by atoms with Crippen molar-refractivity contribution in [3.05, 3.63) is 33.9 Å². The summed E-state index contributed by atoms with van der Waals surface area (Å²) in [7, 11) is 0. The molecule has 0 aliphatic carbocycles. The molecular weight excluding hydrogens is 231 g/mol. The molecule has 0 atom stereocenters. The zero-order valence-corrected chi connectivity index (χ0v) is 9.70. The van der Waals surface area contributed by atoms with E-state index in [4.69, 9.17) is 28.9 Å². The molecule has 0 unspecified atom stereocenters. The summed E-state index contributed by atoms with van der Waals surface area (Å²) in [5.41, 5.74) is 7.66. The van der Waals surface area contributed by atoms with E-state index in [0.717, 1.165) is 23.7 Å². The summed E-state index contributed by atoms with van der Waals surface area (Å²) < 4.78 is 0. The Morgan fingerprint density at radius 2 is 2.07 bits per heavy atom. The smallest absolute Gasteiger partial charge is 0.0661 e. The number of benzene rings is 1. The number of nitrogens with two attached hydrogens (primary N) is 1. The van der Waals surface area contributed by atoms with E-state index in [0.29, 0.717) is 16.6 Å². The molecule has 15 heavy (non-hydrogen) atoms. The van der Waals surface area contributed by atoms with E-state index < -0.39 is 0 Å². The standard InChI is InChI=1S/C11H12Cl2N2/c12-8-4-9-7(2-1-3-14)6-15-11(9)10(13)5-8/h4-6,15H,1-3,14H2. The number of hydrogen-bond donors (Lipinski definition) is 2. The number of aromatic nitrogens is 1. The van der Waals surface area contributed by atoms with Crippen LogP contribution in [0.5, 0.6) is 0 Å². The molecule has 0 spiro atoms. The van der Waals surface area contributed by atoms with Gasteiger partial charge in [-0.2, -0.15) is 0 Å². The van der Waals surface area contributed by atoms with Gasteiger partial charge in [-0.25, -0.2) is 0 Å². The first kappa shape index (κ1) is 10.8. The third-order valence-corrected chi connectivity index (χ3v) is 2.96. The molecule has 80 valence electrons. The number of rotatable bonds is 3. The predicted molar refractivity (Wildman–Crippen MR) is 65.7 cm³/mol. The van der Waals surface area contributed by atoms with Crippen molar-refractivity contribution >= 4 is 34.1 Å². The lowest BCUT2D eigenvalue weighted by Crippen LogP contribution is -1.99. The molecule has 0 saturated heterocycles. The molecule has 0 aliphatic rings. The van der Waals surface area contributed by atoms with Crippen LogP contribution in [-0.2, 0) is 6.42 Å². The lowest BCUT2D eigenvalue weighted by atomic mass is 10.1. The van der Waals surface area contributed by atoms with E-state index in [1.165, 1.54) is 5.56 Å². The van der Waals surface area contributed by atoms with Gasteiger partial charge in [-0.1, -0.05) is 23.2 Å². The normalized spacial score (nSPS) is 11.1. The summed E-state index contributed by atoms with van der Waals surface area (Å²) in [6.07, 6.45) is 3.90. The van der Waals surface area contributed by atoms with E-state index >= 15 is 0 Å². The van der Waals surface area contributed by atoms with Gasteiger partial charge in [0.05, 0.1) is 10.5 Å². The fourth-order valence-corrected chi connectivity index (χ4v) is 2.26. The van der Waals surface area contributed by atoms with Crippen molar-refractivity contribution in [3.8, 4) is 0 Å². The molecule has 2 aromatic rings. The molecule has 0 aliphatic heterocycles. The first-order valence-corrected chi connectivity index (χ1v) is 5.63. The molecule has 3 N–H and O–H groups in total. The highest BCUT2D eigenvalue weighted by Gasteiger charge is 2.07. The topological polar surface area (TPSA) is 41.8 Å². The quantitative estimate of drug-likeness (QED) is 0.852.